The summed E-state index contributed by atoms with van der Waals surface area (Å²) in [5.74, 6) is -0.0375. The van der Waals surface area contributed by atoms with E-state index in [2.05, 4.69) is 10.1 Å². The highest BCUT2D eigenvalue weighted by molar-refractivity contribution is 5.94. The number of carbonyl (C=O) groups excluding carboxylic acids is 2. The van der Waals surface area contributed by atoms with Crippen LogP contribution in [0.25, 0.3) is 0 Å². The van der Waals surface area contributed by atoms with Gasteiger partial charge in [-0.25, -0.2) is 4.79 Å². The molecule has 1 amide bonds. The number of hydrogen-bond donors (Lipinski definition) is 1. The quantitative estimate of drug-likeness (QED) is 0.825. The Hall–Kier alpha value is -3.02. The Bertz CT molecular complexity index is 742. The number of esters is 1. The van der Waals surface area contributed by atoms with Gasteiger partial charge in [0.2, 0.25) is 0 Å². The second-order valence-corrected chi connectivity index (χ2v) is 5.03. The first kappa shape index (κ1) is 17.3. The van der Waals surface area contributed by atoms with Crippen LogP contribution in [-0.4, -0.2) is 32.7 Å². The molecule has 0 saturated carbocycles. The standard InChI is InChI=1S/C18H19NO5/c1-12-8-9-16(22-2)14(10-12)19-17(20)11-24-15-7-5-4-6-13(15)18(21)23-3/h4-10H,11H2,1-3H3,(H,19,20). The third-order valence-electron chi connectivity index (χ3n) is 3.28. The highest BCUT2D eigenvalue weighted by Crippen LogP contribution is 2.25. The van der Waals surface area contributed by atoms with Crippen molar-refractivity contribution in [3.63, 3.8) is 0 Å². The van der Waals surface area contributed by atoms with Gasteiger partial charge in [0.15, 0.2) is 6.61 Å². The van der Waals surface area contributed by atoms with Crippen LogP contribution in [0.5, 0.6) is 11.5 Å². The smallest absolute Gasteiger partial charge is 0.341 e. The van der Waals surface area contributed by atoms with Crippen molar-refractivity contribution in [2.75, 3.05) is 26.1 Å². The fraction of sp³-hybridized carbons (Fsp3) is 0.222. The number of carbonyl (C=O) groups is 2. The lowest BCUT2D eigenvalue weighted by atomic mass is 10.2. The molecule has 0 spiro atoms. The van der Waals surface area contributed by atoms with E-state index < -0.39 is 5.97 Å². The summed E-state index contributed by atoms with van der Waals surface area (Å²) in [6.07, 6.45) is 0. The fourth-order valence-electron chi connectivity index (χ4n) is 2.12. The Kier molecular flexibility index (Phi) is 5.78. The Morgan fingerprint density at radius 2 is 1.79 bits per heavy atom. The minimum Gasteiger partial charge on any atom is -0.495 e. The number of benzene rings is 2. The highest BCUT2D eigenvalue weighted by Gasteiger charge is 2.14. The SMILES string of the molecule is COC(=O)c1ccccc1OCC(=O)Nc1cc(C)ccc1OC. The van der Waals surface area contributed by atoms with Gasteiger partial charge in [0, 0.05) is 0 Å². The third kappa shape index (κ3) is 4.25. The number of ether oxygens (including phenoxy) is 3. The average molecular weight is 329 g/mol. The van der Waals surface area contributed by atoms with Crippen molar-refractivity contribution in [2.45, 2.75) is 6.92 Å². The van der Waals surface area contributed by atoms with Gasteiger partial charge in [-0.05, 0) is 36.8 Å². The van der Waals surface area contributed by atoms with Crippen LogP contribution in [0.15, 0.2) is 42.5 Å². The maximum Gasteiger partial charge on any atom is 0.341 e. The van der Waals surface area contributed by atoms with Gasteiger partial charge in [-0.1, -0.05) is 18.2 Å². The zero-order valence-corrected chi connectivity index (χ0v) is 13.8. The lowest BCUT2D eigenvalue weighted by Gasteiger charge is -2.12. The molecule has 2 aromatic carbocycles. The third-order valence-corrected chi connectivity index (χ3v) is 3.28. The first-order chi connectivity index (χ1) is 11.5. The molecule has 0 unspecified atom stereocenters. The maximum atomic E-state index is 12.1. The van der Waals surface area contributed by atoms with E-state index in [9.17, 15) is 9.59 Å². The molecule has 2 aromatic rings. The highest BCUT2D eigenvalue weighted by atomic mass is 16.5. The van der Waals surface area contributed by atoms with Gasteiger partial charge in [0.05, 0.1) is 19.9 Å². The minimum atomic E-state index is -0.522. The predicted octanol–water partition coefficient (Wildman–Crippen LogP) is 2.81. The van der Waals surface area contributed by atoms with Crippen molar-refractivity contribution >= 4 is 17.6 Å². The first-order valence-electron chi connectivity index (χ1n) is 7.29. The first-order valence-corrected chi connectivity index (χ1v) is 7.29. The van der Waals surface area contributed by atoms with E-state index in [1.54, 1.807) is 36.4 Å². The summed E-state index contributed by atoms with van der Waals surface area (Å²) >= 11 is 0. The van der Waals surface area contributed by atoms with Crippen LogP contribution in [0.4, 0.5) is 5.69 Å². The molecular formula is C18H19NO5. The zero-order chi connectivity index (χ0) is 17.5. The maximum absolute atomic E-state index is 12.1. The van der Waals surface area contributed by atoms with Crippen molar-refractivity contribution in [1.29, 1.82) is 0 Å². The fourth-order valence-corrected chi connectivity index (χ4v) is 2.12. The lowest BCUT2D eigenvalue weighted by molar-refractivity contribution is -0.118. The van der Waals surface area contributed by atoms with Gasteiger partial charge < -0.3 is 19.5 Å². The largest absolute Gasteiger partial charge is 0.495 e. The summed E-state index contributed by atoms with van der Waals surface area (Å²) < 4.78 is 15.3. The molecule has 2 rings (SSSR count). The molecule has 126 valence electrons. The molecule has 0 radical (unpaired) electrons. The van der Waals surface area contributed by atoms with E-state index in [1.807, 2.05) is 13.0 Å². The number of hydrogen-bond acceptors (Lipinski definition) is 5. The monoisotopic (exact) mass is 329 g/mol. The number of anilines is 1. The molecule has 6 nitrogen and oxygen atoms in total. The van der Waals surface area contributed by atoms with E-state index >= 15 is 0 Å². The van der Waals surface area contributed by atoms with Gasteiger partial charge in [0.1, 0.15) is 17.1 Å². The second kappa shape index (κ2) is 8.01. The van der Waals surface area contributed by atoms with E-state index in [-0.39, 0.29) is 23.8 Å². The molecule has 0 saturated heterocycles. The molecular weight excluding hydrogens is 310 g/mol. The van der Waals surface area contributed by atoms with E-state index in [0.717, 1.165) is 5.56 Å². The Labute approximate surface area is 140 Å². The molecule has 0 aliphatic heterocycles. The molecule has 6 heteroatoms. The summed E-state index contributed by atoms with van der Waals surface area (Å²) in [4.78, 5) is 23.8. The topological polar surface area (TPSA) is 73.9 Å². The van der Waals surface area contributed by atoms with Crippen molar-refractivity contribution in [2.24, 2.45) is 0 Å². The van der Waals surface area contributed by atoms with Gasteiger partial charge in [-0.3, -0.25) is 4.79 Å². The Morgan fingerprint density at radius 1 is 1.04 bits per heavy atom. The number of rotatable bonds is 6. The second-order valence-electron chi connectivity index (χ2n) is 5.03. The van der Waals surface area contributed by atoms with Crippen LogP contribution in [0.1, 0.15) is 15.9 Å². The number of aryl methyl sites for hydroxylation is 1. The van der Waals surface area contributed by atoms with Crippen LogP contribution in [0, 0.1) is 6.92 Å². The number of amides is 1. The van der Waals surface area contributed by atoms with Gasteiger partial charge >= 0.3 is 5.97 Å². The van der Waals surface area contributed by atoms with Crippen molar-refractivity contribution in [3.8, 4) is 11.5 Å². The van der Waals surface area contributed by atoms with Crippen LogP contribution in [0.2, 0.25) is 0 Å². The lowest BCUT2D eigenvalue weighted by Crippen LogP contribution is -2.21. The van der Waals surface area contributed by atoms with E-state index in [1.165, 1.54) is 14.2 Å². The summed E-state index contributed by atoms with van der Waals surface area (Å²) in [5, 5.41) is 2.73. The van der Waals surface area contributed by atoms with Gasteiger partial charge in [-0.15, -0.1) is 0 Å². The molecule has 0 aliphatic carbocycles. The molecule has 0 heterocycles. The van der Waals surface area contributed by atoms with E-state index in [0.29, 0.717) is 11.4 Å². The molecule has 0 aromatic heterocycles. The van der Waals surface area contributed by atoms with Crippen molar-refractivity contribution in [3.05, 3.63) is 53.6 Å². The van der Waals surface area contributed by atoms with Crippen LogP contribution in [0.3, 0.4) is 0 Å². The summed E-state index contributed by atoms with van der Waals surface area (Å²) in [7, 11) is 2.82. The van der Waals surface area contributed by atoms with Gasteiger partial charge in [0.25, 0.3) is 5.91 Å². The average Bonchev–Trinajstić information content (AvgIpc) is 2.59. The summed E-state index contributed by atoms with van der Waals surface area (Å²) in [6.45, 7) is 1.67. The number of methoxy groups -OCH3 is 2. The molecule has 1 N–H and O–H groups in total. The zero-order valence-electron chi connectivity index (χ0n) is 13.8. The van der Waals surface area contributed by atoms with Crippen molar-refractivity contribution in [1.82, 2.24) is 0 Å². The molecule has 24 heavy (non-hydrogen) atoms. The van der Waals surface area contributed by atoms with E-state index in [4.69, 9.17) is 9.47 Å². The molecule has 0 atom stereocenters. The summed E-state index contributed by atoms with van der Waals surface area (Å²) in [6, 6.07) is 12.0. The summed E-state index contributed by atoms with van der Waals surface area (Å²) in [5.41, 5.74) is 1.82. The van der Waals surface area contributed by atoms with Gasteiger partial charge in [-0.2, -0.15) is 0 Å². The molecule has 0 bridgehead atoms. The molecule has 0 fully saturated rings. The van der Waals surface area contributed by atoms with Crippen LogP contribution in [-0.2, 0) is 9.53 Å². The van der Waals surface area contributed by atoms with Crippen molar-refractivity contribution < 1.29 is 23.8 Å². The normalized spacial score (nSPS) is 9.96. The number of para-hydroxylation sites is 1. The predicted molar refractivity (Wildman–Crippen MR) is 89.6 cm³/mol. The van der Waals surface area contributed by atoms with Crippen LogP contribution < -0.4 is 14.8 Å². The number of nitrogens with one attached hydrogen (secondary N) is 1. The minimum absolute atomic E-state index is 0.245. The Morgan fingerprint density at radius 3 is 2.50 bits per heavy atom. The molecule has 0 aliphatic rings. The Balaban J connectivity index is 2.05. The van der Waals surface area contributed by atoms with Crippen LogP contribution >= 0.6 is 0 Å².